The first-order chi connectivity index (χ1) is 17.5. The van der Waals surface area contributed by atoms with Gasteiger partial charge in [0.1, 0.15) is 9.52 Å². The van der Waals surface area contributed by atoms with E-state index in [2.05, 4.69) is 94.4 Å². The molecule has 3 aromatic rings. The van der Waals surface area contributed by atoms with Gasteiger partial charge in [-0.05, 0) is 23.0 Å². The van der Waals surface area contributed by atoms with Crippen molar-refractivity contribution in [2.45, 2.75) is 67.2 Å². The van der Waals surface area contributed by atoms with Crippen LogP contribution in [0.1, 0.15) is 88.7 Å². The summed E-state index contributed by atoms with van der Waals surface area (Å²) in [5.41, 5.74) is 14.2. The molecular formula is C34H42Cl2NOSiZr. The zero-order chi connectivity index (χ0) is 27.5. The molecule has 2 nitrogen and oxygen atoms in total. The van der Waals surface area contributed by atoms with Crippen LogP contribution in [-0.4, -0.2) is 15.4 Å². The number of carbonyl (C=O) groups excluding carboxylic acids is 1. The summed E-state index contributed by atoms with van der Waals surface area (Å²) in [6.45, 7) is 16.9. The van der Waals surface area contributed by atoms with Gasteiger partial charge in [0.05, 0.1) is 5.91 Å². The largest absolute Gasteiger partial charge is 4.00 e. The van der Waals surface area contributed by atoms with E-state index in [1.165, 1.54) is 27.1 Å². The molecule has 0 saturated carbocycles. The fraction of sp³-hybridized carbons (Fsp3) is 0.324. The Morgan fingerprint density at radius 1 is 0.750 bits per heavy atom. The number of halogens is 2. The molecule has 0 spiro atoms. The maximum Gasteiger partial charge on any atom is 4.00 e. The fourth-order valence-corrected chi connectivity index (χ4v) is 5.48. The molecule has 1 N–H and O–H groups in total. The van der Waals surface area contributed by atoms with Crippen LogP contribution >= 0.6 is 0 Å². The summed E-state index contributed by atoms with van der Waals surface area (Å²) in [7, 11) is 0.271. The van der Waals surface area contributed by atoms with Crippen molar-refractivity contribution in [3.63, 3.8) is 0 Å². The van der Waals surface area contributed by atoms with Crippen molar-refractivity contribution >= 4 is 25.8 Å². The minimum atomic E-state index is -0.567. The maximum absolute atomic E-state index is 11.4. The van der Waals surface area contributed by atoms with Crippen LogP contribution in [0.3, 0.4) is 0 Å². The third kappa shape index (κ3) is 12.4. The summed E-state index contributed by atoms with van der Waals surface area (Å²) in [6, 6.07) is 27.2. The van der Waals surface area contributed by atoms with E-state index < -0.39 is 5.91 Å². The Morgan fingerprint density at radius 3 is 1.40 bits per heavy atom. The van der Waals surface area contributed by atoms with E-state index in [1.807, 2.05) is 45.9 Å². The molecule has 0 saturated heterocycles. The molecule has 0 heterocycles. The quantitative estimate of drug-likeness (QED) is 0.303. The molecule has 0 aliphatic heterocycles. The number of carbonyl (C=O) groups is 1. The number of allylic oxidation sites excluding steroid dienone is 4. The number of amides is 1. The number of hydrogen-bond donors (Lipinski definition) is 0. The van der Waals surface area contributed by atoms with E-state index >= 15 is 0 Å². The topological polar surface area (TPSA) is 40.9 Å². The van der Waals surface area contributed by atoms with E-state index in [1.54, 1.807) is 0 Å². The van der Waals surface area contributed by atoms with Crippen LogP contribution in [0, 0.1) is 12.0 Å². The van der Waals surface area contributed by atoms with E-state index in [9.17, 15) is 4.79 Å². The normalized spacial score (nSPS) is 13.4. The maximum atomic E-state index is 11.4. The average molecular weight is 671 g/mol. The number of nitrogens with one attached hydrogen (secondary N) is 1. The van der Waals surface area contributed by atoms with Gasteiger partial charge in [0.25, 0.3) is 0 Å². The van der Waals surface area contributed by atoms with Gasteiger partial charge in [0, 0.05) is 5.56 Å². The third-order valence-electron chi connectivity index (χ3n) is 6.77. The number of hydrogen-bond acceptors (Lipinski definition) is 1. The molecule has 211 valence electrons. The van der Waals surface area contributed by atoms with Crippen molar-refractivity contribution in [1.29, 1.82) is 0 Å². The zero-order valence-corrected chi connectivity index (χ0v) is 30.1. The standard InChI is InChI=1S/C13H19NO.C12H11Si.C9H13.2ClH.Zr/c1-8(2)10-6-5-7-11(9(3)4)12(10)13(14)15;1-3-7-11(8-4-1)13-12-9-5-2-6-10-12;1-6-5-7(2)9(4)8(6)3;;;/h5-9H,1-4H3,(H2,14,15);1-10,13H;6H,1-4H3;2*1H;/q;;-1;;;+4/p-3. The second-order valence-electron chi connectivity index (χ2n) is 10.2. The van der Waals surface area contributed by atoms with Crippen molar-refractivity contribution in [3.8, 4) is 0 Å². The Hall–Kier alpha value is -1.71. The summed E-state index contributed by atoms with van der Waals surface area (Å²) in [6.07, 6.45) is 3.36. The molecule has 0 aromatic heterocycles. The van der Waals surface area contributed by atoms with Gasteiger partial charge in [-0.15, -0.1) is 6.92 Å². The number of rotatable bonds is 5. The molecule has 1 aliphatic carbocycles. The van der Waals surface area contributed by atoms with Gasteiger partial charge >= 0.3 is 26.2 Å². The minimum absolute atomic E-state index is 0. The van der Waals surface area contributed by atoms with Crippen LogP contribution in [0.5, 0.6) is 0 Å². The SMILES string of the molecule is CC(C)c1cccc(C(C)C)c1C([NH-])=O.CC1=[C-]C(C)C(C)=C1C.[Cl-].[Cl-].[Zr+4].c1ccc([SiH]c2ccccc2)cc1. The van der Waals surface area contributed by atoms with Crippen LogP contribution in [0.4, 0.5) is 0 Å². The van der Waals surface area contributed by atoms with Crippen LogP contribution in [0.15, 0.2) is 95.6 Å². The first-order valence-electron chi connectivity index (χ1n) is 13.1. The van der Waals surface area contributed by atoms with Crippen LogP contribution < -0.4 is 35.2 Å². The average Bonchev–Trinajstić information content (AvgIpc) is 3.10. The van der Waals surface area contributed by atoms with Gasteiger partial charge in [0.15, 0.2) is 0 Å². The van der Waals surface area contributed by atoms with E-state index in [-0.39, 0.29) is 72.4 Å². The Morgan fingerprint density at radius 2 is 1.15 bits per heavy atom. The zero-order valence-electron chi connectivity index (χ0n) is 25.0. The summed E-state index contributed by atoms with van der Waals surface area (Å²) >= 11 is 0. The number of benzene rings is 3. The molecule has 1 aliphatic rings. The Balaban J connectivity index is 0. The predicted molar refractivity (Wildman–Crippen MR) is 163 cm³/mol. The second-order valence-corrected chi connectivity index (χ2v) is 11.8. The predicted octanol–water partition coefficient (Wildman–Crippen LogP) is 1.93. The van der Waals surface area contributed by atoms with Crippen LogP contribution in [-0.2, 0) is 26.2 Å². The summed E-state index contributed by atoms with van der Waals surface area (Å²) in [4.78, 5) is 11.4. The van der Waals surface area contributed by atoms with Gasteiger partial charge in [-0.2, -0.15) is 11.1 Å². The van der Waals surface area contributed by atoms with Gasteiger partial charge in [-0.25, -0.2) is 5.57 Å². The molecule has 1 amide bonds. The van der Waals surface area contributed by atoms with Gasteiger partial charge in [-0.3, -0.25) is 6.08 Å². The summed E-state index contributed by atoms with van der Waals surface area (Å²) in [5.74, 6) is 0.564. The second kappa shape index (κ2) is 20.2. The summed E-state index contributed by atoms with van der Waals surface area (Å²) < 4.78 is 0. The molecule has 3 aromatic carbocycles. The van der Waals surface area contributed by atoms with Crippen molar-refractivity contribution in [3.05, 3.63) is 124 Å². The molecule has 6 heteroatoms. The van der Waals surface area contributed by atoms with Crippen molar-refractivity contribution in [2.24, 2.45) is 5.92 Å². The monoisotopic (exact) mass is 668 g/mol. The Kier molecular flexibility index (Phi) is 20.4. The summed E-state index contributed by atoms with van der Waals surface area (Å²) in [5, 5.41) is 2.90. The Labute approximate surface area is 277 Å². The Bertz CT molecular complexity index is 1160. The van der Waals surface area contributed by atoms with Gasteiger partial charge < -0.3 is 35.3 Å². The van der Waals surface area contributed by atoms with Crippen molar-refractivity contribution in [1.82, 2.24) is 0 Å². The first kappa shape index (κ1) is 40.4. The molecule has 0 bridgehead atoms. The molecule has 1 unspecified atom stereocenters. The molecule has 1 atom stereocenters. The van der Waals surface area contributed by atoms with Crippen molar-refractivity contribution in [2.75, 3.05) is 0 Å². The first-order valence-corrected chi connectivity index (χ1v) is 14.3. The minimum Gasteiger partial charge on any atom is -1.00 e. The van der Waals surface area contributed by atoms with E-state index in [4.69, 9.17) is 5.73 Å². The van der Waals surface area contributed by atoms with Crippen LogP contribution in [0.2, 0.25) is 0 Å². The van der Waals surface area contributed by atoms with E-state index in [0.29, 0.717) is 11.5 Å². The van der Waals surface area contributed by atoms with E-state index in [0.717, 1.165) is 11.1 Å². The molecule has 4 rings (SSSR count). The third-order valence-corrected chi connectivity index (χ3v) is 8.21. The smallest absolute Gasteiger partial charge is 1.00 e. The molecular weight excluding hydrogens is 629 g/mol. The van der Waals surface area contributed by atoms with Crippen LogP contribution in [0.25, 0.3) is 5.73 Å². The molecule has 0 fully saturated rings. The van der Waals surface area contributed by atoms with Gasteiger partial charge in [-0.1, -0.05) is 144 Å². The fourth-order valence-electron chi connectivity index (χ4n) is 4.27. The van der Waals surface area contributed by atoms with Gasteiger partial charge in [0.2, 0.25) is 0 Å². The van der Waals surface area contributed by atoms with Crippen molar-refractivity contribution < 1.29 is 55.8 Å². The molecule has 40 heavy (non-hydrogen) atoms. The molecule has 1 radical (unpaired) electrons.